The van der Waals surface area contributed by atoms with Crippen molar-refractivity contribution < 1.29 is 5.11 Å². The predicted molar refractivity (Wildman–Crippen MR) is 69.5 cm³/mol. The Bertz CT molecular complexity index is 281. The Morgan fingerprint density at radius 3 is 2.19 bits per heavy atom. The average molecular weight is 220 g/mol. The monoisotopic (exact) mass is 220 g/mol. The van der Waals surface area contributed by atoms with Gasteiger partial charge in [-0.1, -0.05) is 57.5 Å². The first-order valence-corrected chi connectivity index (χ1v) is 6.36. The van der Waals surface area contributed by atoms with Gasteiger partial charge in [0, 0.05) is 6.61 Å². The third kappa shape index (κ3) is 3.34. The van der Waals surface area contributed by atoms with E-state index in [2.05, 4.69) is 51.1 Å². The molecule has 90 valence electrons. The Balaban J connectivity index is 2.87. The van der Waals surface area contributed by atoms with Gasteiger partial charge in [-0.25, -0.2) is 0 Å². The summed E-state index contributed by atoms with van der Waals surface area (Å²) < 4.78 is 0. The van der Waals surface area contributed by atoms with Crippen LogP contribution < -0.4 is 0 Å². The lowest BCUT2D eigenvalue weighted by Crippen LogP contribution is -2.18. The van der Waals surface area contributed by atoms with Gasteiger partial charge in [0.25, 0.3) is 0 Å². The third-order valence-corrected chi connectivity index (χ3v) is 3.64. The van der Waals surface area contributed by atoms with Crippen LogP contribution in [0.15, 0.2) is 30.3 Å². The summed E-state index contributed by atoms with van der Waals surface area (Å²) in [7, 11) is 0. The number of hydrogen-bond donors (Lipinski definition) is 1. The molecule has 1 N–H and O–H groups in total. The summed E-state index contributed by atoms with van der Waals surface area (Å²) in [5.74, 6) is 1.78. The molecule has 0 saturated carbocycles. The van der Waals surface area contributed by atoms with Gasteiger partial charge in [0.2, 0.25) is 0 Å². The summed E-state index contributed by atoms with van der Waals surface area (Å²) in [6, 6.07) is 10.7. The van der Waals surface area contributed by atoms with Gasteiger partial charge < -0.3 is 5.11 Å². The van der Waals surface area contributed by atoms with Crippen LogP contribution in [0.5, 0.6) is 0 Å². The lowest BCUT2D eigenvalue weighted by Gasteiger charge is -2.29. The van der Waals surface area contributed by atoms with Gasteiger partial charge in [0.15, 0.2) is 0 Å². The highest BCUT2D eigenvalue weighted by Crippen LogP contribution is 2.35. The first-order valence-electron chi connectivity index (χ1n) is 6.36. The van der Waals surface area contributed by atoms with Crippen LogP contribution in [0.3, 0.4) is 0 Å². The Labute approximate surface area is 99.5 Å². The zero-order valence-electron chi connectivity index (χ0n) is 10.7. The molecule has 0 aromatic heterocycles. The van der Waals surface area contributed by atoms with Gasteiger partial charge in [0.05, 0.1) is 0 Å². The third-order valence-electron chi connectivity index (χ3n) is 3.64. The zero-order chi connectivity index (χ0) is 12.0. The van der Waals surface area contributed by atoms with Crippen molar-refractivity contribution >= 4 is 0 Å². The van der Waals surface area contributed by atoms with Gasteiger partial charge in [-0.05, 0) is 29.7 Å². The van der Waals surface area contributed by atoms with Crippen LogP contribution in [0.1, 0.15) is 45.1 Å². The van der Waals surface area contributed by atoms with Crippen LogP contribution >= 0.6 is 0 Å². The van der Waals surface area contributed by atoms with Crippen LogP contribution in [0.2, 0.25) is 0 Å². The lowest BCUT2D eigenvalue weighted by molar-refractivity contribution is 0.229. The Kier molecular flexibility index (Phi) is 5.54. The number of aliphatic hydroxyl groups excluding tert-OH is 1. The summed E-state index contributed by atoms with van der Waals surface area (Å²) >= 11 is 0. The maximum Gasteiger partial charge on any atom is 0.0433 e. The molecule has 1 aromatic rings. The molecular formula is C15H24O. The molecule has 1 nitrogen and oxygen atoms in total. The molecule has 3 unspecified atom stereocenters. The van der Waals surface area contributed by atoms with Crippen molar-refractivity contribution in [2.45, 2.75) is 39.5 Å². The van der Waals surface area contributed by atoms with Crippen molar-refractivity contribution in [3.63, 3.8) is 0 Å². The highest BCUT2D eigenvalue weighted by Gasteiger charge is 2.23. The molecule has 0 fully saturated rings. The maximum atomic E-state index is 9.09. The molecule has 0 aliphatic rings. The predicted octanol–water partition coefficient (Wildman–Crippen LogP) is 3.83. The minimum atomic E-state index is 0.293. The van der Waals surface area contributed by atoms with E-state index in [1.165, 1.54) is 12.0 Å². The number of benzene rings is 1. The van der Waals surface area contributed by atoms with Crippen molar-refractivity contribution in [1.29, 1.82) is 0 Å². The van der Waals surface area contributed by atoms with Crippen LogP contribution in [-0.2, 0) is 0 Å². The van der Waals surface area contributed by atoms with Crippen LogP contribution in [0, 0.1) is 11.8 Å². The van der Waals surface area contributed by atoms with E-state index in [1.54, 1.807) is 0 Å². The Morgan fingerprint density at radius 1 is 1.06 bits per heavy atom. The fraction of sp³-hybridized carbons (Fsp3) is 0.600. The summed E-state index contributed by atoms with van der Waals surface area (Å²) in [5, 5.41) is 9.09. The van der Waals surface area contributed by atoms with Gasteiger partial charge in [-0.2, -0.15) is 0 Å². The van der Waals surface area contributed by atoms with Crippen LogP contribution in [0.4, 0.5) is 0 Å². The minimum absolute atomic E-state index is 0.293. The maximum absolute atomic E-state index is 9.09. The number of rotatable bonds is 6. The Morgan fingerprint density at radius 2 is 1.69 bits per heavy atom. The fourth-order valence-corrected chi connectivity index (χ4v) is 2.53. The number of hydrogen-bond acceptors (Lipinski definition) is 1. The molecule has 0 aliphatic heterocycles. The molecule has 0 amide bonds. The fourth-order valence-electron chi connectivity index (χ4n) is 2.53. The van der Waals surface area contributed by atoms with E-state index < -0.39 is 0 Å². The molecule has 0 bridgehead atoms. The van der Waals surface area contributed by atoms with Crippen molar-refractivity contribution in [2.75, 3.05) is 6.61 Å². The Hall–Kier alpha value is -0.820. The van der Waals surface area contributed by atoms with E-state index >= 15 is 0 Å². The molecule has 0 saturated heterocycles. The smallest absolute Gasteiger partial charge is 0.0433 e. The largest absolute Gasteiger partial charge is 0.396 e. The van der Waals surface area contributed by atoms with E-state index in [0.717, 1.165) is 6.42 Å². The minimum Gasteiger partial charge on any atom is -0.396 e. The van der Waals surface area contributed by atoms with Crippen LogP contribution in [-0.4, -0.2) is 11.7 Å². The highest BCUT2D eigenvalue weighted by atomic mass is 16.3. The standard InChI is InChI=1S/C15H24O/c1-4-12(2)15(13(3)10-11-16)14-8-6-5-7-9-14/h5-9,12-13,15-16H,4,10-11H2,1-3H3. The molecule has 16 heavy (non-hydrogen) atoms. The second kappa shape index (κ2) is 6.70. The average Bonchev–Trinajstić information content (AvgIpc) is 2.31. The van der Waals surface area contributed by atoms with Crippen LogP contribution in [0.25, 0.3) is 0 Å². The molecule has 0 heterocycles. The summed E-state index contributed by atoms with van der Waals surface area (Å²) in [4.78, 5) is 0. The second-order valence-electron chi connectivity index (χ2n) is 4.81. The second-order valence-corrected chi connectivity index (χ2v) is 4.81. The zero-order valence-corrected chi connectivity index (χ0v) is 10.7. The normalized spacial score (nSPS) is 16.8. The molecule has 0 spiro atoms. The molecule has 1 aromatic carbocycles. The van der Waals surface area contributed by atoms with Gasteiger partial charge in [-0.15, -0.1) is 0 Å². The van der Waals surface area contributed by atoms with Gasteiger partial charge in [0.1, 0.15) is 0 Å². The van der Waals surface area contributed by atoms with Crippen molar-refractivity contribution in [3.8, 4) is 0 Å². The molecular weight excluding hydrogens is 196 g/mol. The van der Waals surface area contributed by atoms with E-state index in [1.807, 2.05) is 0 Å². The van der Waals surface area contributed by atoms with Crippen molar-refractivity contribution in [1.82, 2.24) is 0 Å². The molecule has 3 atom stereocenters. The van der Waals surface area contributed by atoms with Crippen molar-refractivity contribution in [3.05, 3.63) is 35.9 Å². The summed E-state index contributed by atoms with van der Waals surface area (Å²) in [6.45, 7) is 7.10. The molecule has 1 heteroatoms. The summed E-state index contributed by atoms with van der Waals surface area (Å²) in [5.41, 5.74) is 1.41. The van der Waals surface area contributed by atoms with E-state index in [4.69, 9.17) is 5.11 Å². The van der Waals surface area contributed by atoms with Gasteiger partial charge >= 0.3 is 0 Å². The molecule has 0 radical (unpaired) electrons. The summed E-state index contributed by atoms with van der Waals surface area (Å²) in [6.07, 6.45) is 2.08. The topological polar surface area (TPSA) is 20.2 Å². The lowest BCUT2D eigenvalue weighted by atomic mass is 9.76. The molecule has 0 aliphatic carbocycles. The highest BCUT2D eigenvalue weighted by molar-refractivity contribution is 5.20. The first-order chi connectivity index (χ1) is 7.70. The first kappa shape index (κ1) is 13.2. The van der Waals surface area contributed by atoms with Gasteiger partial charge in [-0.3, -0.25) is 0 Å². The van der Waals surface area contributed by atoms with E-state index in [0.29, 0.717) is 24.4 Å². The van der Waals surface area contributed by atoms with Crippen molar-refractivity contribution in [2.24, 2.45) is 11.8 Å². The quantitative estimate of drug-likeness (QED) is 0.772. The number of aliphatic hydroxyl groups is 1. The van der Waals surface area contributed by atoms with E-state index in [9.17, 15) is 0 Å². The SMILES string of the molecule is CCC(C)C(c1ccccc1)C(C)CCO. The molecule has 1 rings (SSSR count). The van der Waals surface area contributed by atoms with E-state index in [-0.39, 0.29) is 0 Å².